The van der Waals surface area contributed by atoms with Crippen LogP contribution in [0.3, 0.4) is 0 Å². The molecule has 1 aromatic rings. The molecule has 0 unspecified atom stereocenters. The lowest BCUT2D eigenvalue weighted by atomic mass is 9.91. The lowest BCUT2D eigenvalue weighted by Crippen LogP contribution is -2.58. The number of anilines is 1. The Hall–Kier alpha value is -1.22. The quantitative estimate of drug-likeness (QED) is 0.732. The van der Waals surface area contributed by atoms with Gasteiger partial charge in [-0.05, 0) is 39.3 Å². The first-order chi connectivity index (χ1) is 9.18. The number of allylic oxidation sites excluding steroid dienone is 1. The lowest BCUT2D eigenvalue weighted by molar-refractivity contribution is 0.340. The maximum atomic E-state index is 5.92. The number of fused-ring (bicyclic) bond motifs is 1. The van der Waals surface area contributed by atoms with E-state index in [2.05, 4.69) is 76.2 Å². The molecule has 0 N–H and O–H groups in total. The Labute approximate surface area is 124 Å². The molecule has 0 bridgehead atoms. The van der Waals surface area contributed by atoms with E-state index in [9.17, 15) is 0 Å². The smallest absolute Gasteiger partial charge is 0.148 e. The SMILES string of the molecule is CCOc1cccc2c1N([Si](C)(C)C)C(C)(C)C=C2C. The molecule has 2 nitrogen and oxygen atoms in total. The van der Waals surface area contributed by atoms with Crippen molar-refractivity contribution in [3.63, 3.8) is 0 Å². The van der Waals surface area contributed by atoms with Crippen molar-refractivity contribution < 1.29 is 4.74 Å². The Morgan fingerprint density at radius 2 is 1.85 bits per heavy atom. The largest absolute Gasteiger partial charge is 0.492 e. The summed E-state index contributed by atoms with van der Waals surface area (Å²) in [6, 6.07) is 6.41. The summed E-state index contributed by atoms with van der Waals surface area (Å²) in [5, 5.41) is 0. The van der Waals surface area contributed by atoms with Crippen molar-refractivity contribution in [1.29, 1.82) is 0 Å². The molecule has 1 aromatic carbocycles. The summed E-state index contributed by atoms with van der Waals surface area (Å²) in [6.45, 7) is 16.8. The second kappa shape index (κ2) is 4.96. The van der Waals surface area contributed by atoms with Crippen molar-refractivity contribution in [3.05, 3.63) is 29.8 Å². The molecule has 0 amide bonds. The van der Waals surface area contributed by atoms with Gasteiger partial charge in [0.25, 0.3) is 0 Å². The molecule has 0 spiro atoms. The Kier molecular flexibility index (Phi) is 3.76. The second-order valence-corrected chi connectivity index (χ2v) is 11.9. The van der Waals surface area contributed by atoms with E-state index >= 15 is 0 Å². The third-order valence-corrected chi connectivity index (χ3v) is 5.91. The molecule has 3 heteroatoms. The Morgan fingerprint density at radius 1 is 1.20 bits per heavy atom. The van der Waals surface area contributed by atoms with Crippen molar-refractivity contribution in [2.45, 2.75) is 52.9 Å². The van der Waals surface area contributed by atoms with Crippen molar-refractivity contribution in [2.24, 2.45) is 0 Å². The Morgan fingerprint density at radius 3 is 2.40 bits per heavy atom. The molecule has 1 heterocycles. The highest BCUT2D eigenvalue weighted by Gasteiger charge is 2.40. The van der Waals surface area contributed by atoms with Gasteiger partial charge in [-0.15, -0.1) is 0 Å². The first-order valence-electron chi connectivity index (χ1n) is 7.44. The molecular weight excluding hydrogens is 262 g/mol. The van der Waals surface area contributed by atoms with Crippen LogP contribution in [-0.2, 0) is 0 Å². The lowest BCUT2D eigenvalue weighted by Gasteiger charge is -2.50. The zero-order valence-corrected chi connectivity index (χ0v) is 14.9. The summed E-state index contributed by atoms with van der Waals surface area (Å²) in [6.07, 6.45) is 2.39. The van der Waals surface area contributed by atoms with Gasteiger partial charge in [0, 0.05) is 11.1 Å². The van der Waals surface area contributed by atoms with Crippen LogP contribution in [-0.4, -0.2) is 20.4 Å². The molecule has 0 fully saturated rings. The van der Waals surface area contributed by atoms with E-state index in [1.807, 2.05) is 0 Å². The molecule has 20 heavy (non-hydrogen) atoms. The minimum Gasteiger partial charge on any atom is -0.492 e. The predicted octanol–water partition coefficient (Wildman–Crippen LogP) is 4.92. The average molecular weight is 289 g/mol. The molecule has 110 valence electrons. The molecule has 1 aliphatic rings. The molecule has 0 aliphatic carbocycles. The summed E-state index contributed by atoms with van der Waals surface area (Å²) in [5.41, 5.74) is 3.99. The predicted molar refractivity (Wildman–Crippen MR) is 91.2 cm³/mol. The number of benzene rings is 1. The molecule has 0 saturated carbocycles. The fourth-order valence-electron chi connectivity index (χ4n) is 3.50. The topological polar surface area (TPSA) is 12.5 Å². The molecular formula is C17H27NOSi. The van der Waals surface area contributed by atoms with Gasteiger partial charge in [-0.25, -0.2) is 0 Å². The van der Waals surface area contributed by atoms with E-state index in [0.717, 1.165) is 5.75 Å². The van der Waals surface area contributed by atoms with Gasteiger partial charge in [0.1, 0.15) is 14.0 Å². The van der Waals surface area contributed by atoms with E-state index in [1.165, 1.54) is 16.8 Å². The second-order valence-electron chi connectivity index (χ2n) is 7.07. The standard InChI is InChI=1S/C17H27NOSi/c1-8-19-15-11-9-10-14-13(2)12-17(3,4)18(16(14)15)20(5,6)7/h9-12H,8H2,1-7H3. The van der Waals surface area contributed by atoms with E-state index in [1.54, 1.807) is 0 Å². The highest BCUT2D eigenvalue weighted by molar-refractivity contribution is 6.80. The van der Waals surface area contributed by atoms with Crippen LogP contribution in [0.15, 0.2) is 24.3 Å². The van der Waals surface area contributed by atoms with Gasteiger partial charge in [-0.3, -0.25) is 0 Å². The molecule has 0 saturated heterocycles. The number of rotatable bonds is 3. The third kappa shape index (κ3) is 2.51. The van der Waals surface area contributed by atoms with Crippen LogP contribution in [0.1, 0.15) is 33.3 Å². The number of hydrogen-bond acceptors (Lipinski definition) is 2. The van der Waals surface area contributed by atoms with Crippen LogP contribution in [0.2, 0.25) is 19.6 Å². The normalized spacial score (nSPS) is 17.6. The molecule has 0 radical (unpaired) electrons. The van der Waals surface area contributed by atoms with E-state index in [4.69, 9.17) is 4.74 Å². The minimum atomic E-state index is -1.52. The van der Waals surface area contributed by atoms with Crippen LogP contribution in [0.5, 0.6) is 5.75 Å². The van der Waals surface area contributed by atoms with Crippen molar-refractivity contribution in [1.82, 2.24) is 0 Å². The van der Waals surface area contributed by atoms with Crippen LogP contribution in [0.25, 0.3) is 5.57 Å². The highest BCUT2D eigenvalue weighted by Crippen LogP contribution is 2.46. The maximum absolute atomic E-state index is 5.92. The third-order valence-electron chi connectivity index (χ3n) is 3.76. The van der Waals surface area contributed by atoms with Crippen LogP contribution in [0.4, 0.5) is 5.69 Å². The zero-order chi connectivity index (χ0) is 15.1. The number of ether oxygens (including phenoxy) is 1. The number of para-hydroxylation sites is 1. The van der Waals surface area contributed by atoms with Crippen LogP contribution >= 0.6 is 0 Å². The zero-order valence-electron chi connectivity index (χ0n) is 13.9. The van der Waals surface area contributed by atoms with Gasteiger partial charge in [-0.2, -0.15) is 0 Å². The maximum Gasteiger partial charge on any atom is 0.148 e. The summed E-state index contributed by atoms with van der Waals surface area (Å²) < 4.78 is 8.54. The number of nitrogens with zero attached hydrogens (tertiary/aromatic N) is 1. The molecule has 0 aromatic heterocycles. The highest BCUT2D eigenvalue weighted by atomic mass is 28.3. The van der Waals surface area contributed by atoms with Crippen molar-refractivity contribution in [2.75, 3.05) is 11.2 Å². The Balaban J connectivity index is 2.73. The van der Waals surface area contributed by atoms with E-state index in [-0.39, 0.29) is 5.54 Å². The van der Waals surface area contributed by atoms with Gasteiger partial charge in [0.2, 0.25) is 0 Å². The average Bonchev–Trinajstić information content (AvgIpc) is 2.27. The molecule has 1 aliphatic heterocycles. The summed E-state index contributed by atoms with van der Waals surface area (Å²) in [7, 11) is -1.52. The van der Waals surface area contributed by atoms with Crippen molar-refractivity contribution >= 4 is 19.5 Å². The fourth-order valence-corrected chi connectivity index (χ4v) is 6.20. The monoisotopic (exact) mass is 289 g/mol. The van der Waals surface area contributed by atoms with E-state index in [0.29, 0.717) is 6.61 Å². The van der Waals surface area contributed by atoms with Gasteiger partial charge < -0.3 is 9.30 Å². The molecule has 2 rings (SSSR count). The van der Waals surface area contributed by atoms with Crippen molar-refractivity contribution in [3.8, 4) is 5.75 Å². The Bertz CT molecular complexity index is 540. The van der Waals surface area contributed by atoms with Gasteiger partial charge in [-0.1, -0.05) is 37.8 Å². The summed E-state index contributed by atoms with van der Waals surface area (Å²) in [4.78, 5) is 0. The first-order valence-corrected chi connectivity index (χ1v) is 10.9. The fraction of sp³-hybridized carbons (Fsp3) is 0.529. The number of hydrogen-bond donors (Lipinski definition) is 0. The summed E-state index contributed by atoms with van der Waals surface area (Å²) in [5.74, 6) is 1.02. The first kappa shape index (κ1) is 15.2. The van der Waals surface area contributed by atoms with Crippen LogP contribution in [0, 0.1) is 0 Å². The summed E-state index contributed by atoms with van der Waals surface area (Å²) >= 11 is 0. The van der Waals surface area contributed by atoms with Gasteiger partial charge >= 0.3 is 0 Å². The van der Waals surface area contributed by atoms with E-state index < -0.39 is 8.24 Å². The minimum absolute atomic E-state index is 0.0365. The molecule has 0 atom stereocenters. The van der Waals surface area contributed by atoms with Gasteiger partial charge in [0.05, 0.1) is 12.3 Å². The van der Waals surface area contributed by atoms with Gasteiger partial charge in [0.15, 0.2) is 0 Å². The van der Waals surface area contributed by atoms with Crippen LogP contribution < -0.4 is 9.30 Å².